The van der Waals surface area contributed by atoms with E-state index < -0.39 is 5.97 Å². The molecule has 0 spiro atoms. The minimum absolute atomic E-state index is 0.0625. The van der Waals surface area contributed by atoms with E-state index >= 15 is 0 Å². The van der Waals surface area contributed by atoms with Crippen molar-refractivity contribution in [1.82, 2.24) is 14.5 Å². The third-order valence-corrected chi connectivity index (χ3v) is 5.42. The molecule has 1 saturated heterocycles. The highest BCUT2D eigenvalue weighted by molar-refractivity contribution is 6.09. The molecule has 30 heavy (non-hydrogen) atoms. The summed E-state index contributed by atoms with van der Waals surface area (Å²) >= 11 is 0. The van der Waals surface area contributed by atoms with Crippen molar-refractivity contribution < 1.29 is 14.3 Å². The second kappa shape index (κ2) is 7.42. The fourth-order valence-corrected chi connectivity index (χ4v) is 3.83. The summed E-state index contributed by atoms with van der Waals surface area (Å²) in [7, 11) is 0. The highest BCUT2D eigenvalue weighted by Gasteiger charge is 2.27. The summed E-state index contributed by atoms with van der Waals surface area (Å²) in [5, 5.41) is 0. The van der Waals surface area contributed by atoms with Gasteiger partial charge in [-0.05, 0) is 44.0 Å². The number of esters is 1. The lowest BCUT2D eigenvalue weighted by molar-refractivity contribution is 0.0163. The molecule has 0 saturated carbocycles. The minimum atomic E-state index is -0.511. The number of hydrogen-bond acceptors (Lipinski definition) is 6. The van der Waals surface area contributed by atoms with Gasteiger partial charge in [0.05, 0.1) is 17.1 Å². The van der Waals surface area contributed by atoms with E-state index in [2.05, 4.69) is 0 Å². The molecule has 0 radical (unpaired) electrons. The predicted octanol–water partition coefficient (Wildman–Crippen LogP) is 3.80. The van der Waals surface area contributed by atoms with Gasteiger partial charge in [-0.15, -0.1) is 0 Å². The van der Waals surface area contributed by atoms with Crippen molar-refractivity contribution in [3.8, 4) is 5.69 Å². The van der Waals surface area contributed by atoms with Crippen LogP contribution in [-0.2, 0) is 9.47 Å². The molecule has 0 amide bonds. The van der Waals surface area contributed by atoms with Crippen LogP contribution < -0.4 is 5.73 Å². The van der Waals surface area contributed by atoms with Gasteiger partial charge in [-0.1, -0.05) is 29.8 Å². The van der Waals surface area contributed by atoms with Gasteiger partial charge in [0.25, 0.3) is 0 Å². The zero-order chi connectivity index (χ0) is 20.7. The molecular formula is C23H22N4O3. The monoisotopic (exact) mass is 402 g/mol. The Morgan fingerprint density at radius 1 is 1.17 bits per heavy atom. The summed E-state index contributed by atoms with van der Waals surface area (Å²) in [5.74, 6) is -0.245. The van der Waals surface area contributed by atoms with Crippen molar-refractivity contribution in [1.29, 1.82) is 0 Å². The molecule has 152 valence electrons. The smallest absolute Gasteiger partial charge is 0.344 e. The summed E-state index contributed by atoms with van der Waals surface area (Å²) in [6, 6.07) is 15.4. The van der Waals surface area contributed by atoms with Gasteiger partial charge in [0.2, 0.25) is 0 Å². The Hall–Kier alpha value is -3.45. The Morgan fingerprint density at radius 3 is 2.60 bits per heavy atom. The Morgan fingerprint density at radius 2 is 1.90 bits per heavy atom. The van der Waals surface area contributed by atoms with Gasteiger partial charge >= 0.3 is 5.97 Å². The third kappa shape index (κ3) is 3.17. The van der Waals surface area contributed by atoms with Crippen molar-refractivity contribution in [3.05, 3.63) is 59.7 Å². The average molecular weight is 402 g/mol. The number of hydrogen-bond donors (Lipinski definition) is 1. The third-order valence-electron chi connectivity index (χ3n) is 5.42. The number of fused-ring (bicyclic) bond motifs is 2. The summed E-state index contributed by atoms with van der Waals surface area (Å²) in [6.07, 6.45) is 1.81. The van der Waals surface area contributed by atoms with Gasteiger partial charge in [-0.3, -0.25) is 4.57 Å². The molecule has 2 aromatic heterocycles. The largest absolute Gasteiger partial charge is 0.459 e. The number of nitrogen functional groups attached to an aromatic ring is 1. The van der Waals surface area contributed by atoms with E-state index in [0.29, 0.717) is 23.3 Å². The zero-order valence-corrected chi connectivity index (χ0v) is 16.7. The standard InChI is InChI=1S/C23H22N4O3/c1-14-8-10-15(11-9-14)27-21(24)19(23(28)30-13-16-5-4-12-29-16)20-22(27)26-18-7-3-2-6-17(18)25-20/h2-3,6-11,16H,4-5,12-13,24H2,1H3/t16-/m1/s1. The van der Waals surface area contributed by atoms with Crippen LogP contribution in [0.2, 0.25) is 0 Å². The topological polar surface area (TPSA) is 92.3 Å². The van der Waals surface area contributed by atoms with Crippen molar-refractivity contribution in [2.45, 2.75) is 25.9 Å². The second-order valence-corrected chi connectivity index (χ2v) is 7.55. The van der Waals surface area contributed by atoms with E-state index in [1.165, 1.54) is 0 Å². The lowest BCUT2D eigenvalue weighted by atomic mass is 10.2. The molecular weight excluding hydrogens is 380 g/mol. The summed E-state index contributed by atoms with van der Waals surface area (Å²) in [5.41, 5.74) is 11.0. The number of aromatic nitrogens is 3. The van der Waals surface area contributed by atoms with Crippen LogP contribution in [0.3, 0.4) is 0 Å². The van der Waals surface area contributed by atoms with Gasteiger partial charge in [-0.25, -0.2) is 14.8 Å². The van der Waals surface area contributed by atoms with Crippen LogP contribution in [0.1, 0.15) is 28.8 Å². The molecule has 1 aliphatic heterocycles. The predicted molar refractivity (Wildman–Crippen MR) is 115 cm³/mol. The van der Waals surface area contributed by atoms with Gasteiger partial charge in [0.15, 0.2) is 5.65 Å². The maximum absolute atomic E-state index is 13.0. The van der Waals surface area contributed by atoms with E-state index in [1.807, 2.05) is 55.5 Å². The molecule has 4 aromatic rings. The van der Waals surface area contributed by atoms with Gasteiger partial charge in [-0.2, -0.15) is 0 Å². The van der Waals surface area contributed by atoms with Crippen LogP contribution in [-0.4, -0.2) is 39.8 Å². The van der Waals surface area contributed by atoms with E-state index in [0.717, 1.165) is 29.6 Å². The van der Waals surface area contributed by atoms with Crippen molar-refractivity contribution >= 4 is 34.0 Å². The first kappa shape index (κ1) is 18.6. The Labute approximate surface area is 173 Å². The van der Waals surface area contributed by atoms with Crippen LogP contribution in [0, 0.1) is 6.92 Å². The van der Waals surface area contributed by atoms with Crippen LogP contribution in [0.15, 0.2) is 48.5 Å². The lowest BCUT2D eigenvalue weighted by Crippen LogP contribution is -2.18. The maximum atomic E-state index is 13.0. The van der Waals surface area contributed by atoms with Crippen molar-refractivity contribution in [2.75, 3.05) is 18.9 Å². The summed E-state index contributed by atoms with van der Waals surface area (Å²) < 4.78 is 12.9. The van der Waals surface area contributed by atoms with E-state index in [-0.39, 0.29) is 24.1 Å². The van der Waals surface area contributed by atoms with Crippen LogP contribution in [0.4, 0.5) is 5.82 Å². The molecule has 0 unspecified atom stereocenters. The number of rotatable bonds is 4. The minimum Gasteiger partial charge on any atom is -0.459 e. The fraction of sp³-hybridized carbons (Fsp3) is 0.261. The van der Waals surface area contributed by atoms with Crippen LogP contribution in [0.5, 0.6) is 0 Å². The molecule has 0 bridgehead atoms. The number of nitrogens with zero attached hydrogens (tertiary/aromatic N) is 3. The molecule has 2 aromatic carbocycles. The number of benzene rings is 2. The summed E-state index contributed by atoms with van der Waals surface area (Å²) in [6.45, 7) is 2.92. The highest BCUT2D eigenvalue weighted by Crippen LogP contribution is 2.31. The molecule has 5 rings (SSSR count). The molecule has 1 atom stereocenters. The first-order valence-electron chi connectivity index (χ1n) is 10.0. The van der Waals surface area contributed by atoms with E-state index in [1.54, 1.807) is 4.57 Å². The molecule has 0 aliphatic carbocycles. The highest BCUT2D eigenvalue weighted by atomic mass is 16.6. The zero-order valence-electron chi connectivity index (χ0n) is 16.7. The fourth-order valence-electron chi connectivity index (χ4n) is 3.83. The molecule has 7 heteroatoms. The first-order valence-corrected chi connectivity index (χ1v) is 10.0. The first-order chi connectivity index (χ1) is 14.6. The molecule has 1 fully saturated rings. The molecule has 3 heterocycles. The average Bonchev–Trinajstić information content (AvgIpc) is 3.37. The number of nitrogens with two attached hydrogens (primary N) is 1. The Kier molecular flexibility index (Phi) is 4.59. The number of para-hydroxylation sites is 2. The van der Waals surface area contributed by atoms with Gasteiger partial charge in [0, 0.05) is 12.3 Å². The molecule has 7 nitrogen and oxygen atoms in total. The van der Waals surface area contributed by atoms with Crippen LogP contribution >= 0.6 is 0 Å². The number of carbonyl (C=O) groups excluding carboxylic acids is 1. The van der Waals surface area contributed by atoms with E-state index in [4.69, 9.17) is 25.2 Å². The number of anilines is 1. The van der Waals surface area contributed by atoms with Gasteiger partial charge in [0.1, 0.15) is 23.5 Å². The molecule has 2 N–H and O–H groups in total. The second-order valence-electron chi connectivity index (χ2n) is 7.55. The number of ether oxygens (including phenoxy) is 2. The van der Waals surface area contributed by atoms with Gasteiger partial charge < -0.3 is 15.2 Å². The van der Waals surface area contributed by atoms with E-state index in [9.17, 15) is 4.79 Å². The lowest BCUT2D eigenvalue weighted by Gasteiger charge is -2.10. The van der Waals surface area contributed by atoms with Crippen molar-refractivity contribution in [3.63, 3.8) is 0 Å². The van der Waals surface area contributed by atoms with Crippen LogP contribution in [0.25, 0.3) is 27.9 Å². The quantitative estimate of drug-likeness (QED) is 0.522. The normalized spacial score (nSPS) is 16.4. The molecule has 1 aliphatic rings. The maximum Gasteiger partial charge on any atom is 0.344 e. The summed E-state index contributed by atoms with van der Waals surface area (Å²) in [4.78, 5) is 22.5. The number of carbonyl (C=O) groups is 1. The van der Waals surface area contributed by atoms with Crippen molar-refractivity contribution in [2.24, 2.45) is 0 Å². The Bertz CT molecular complexity index is 1240. The SMILES string of the molecule is Cc1ccc(-n2c(N)c(C(=O)OC[C@H]3CCCO3)c3nc4ccccc4nc32)cc1. The Balaban J connectivity index is 1.66. The number of aryl methyl sites for hydroxylation is 1.